The van der Waals surface area contributed by atoms with Crippen LogP contribution < -0.4 is 5.32 Å². The van der Waals surface area contributed by atoms with Crippen molar-refractivity contribution < 1.29 is 19.1 Å². The Balaban J connectivity index is 1.02. The summed E-state index contributed by atoms with van der Waals surface area (Å²) >= 11 is 6.09. The highest BCUT2D eigenvalue weighted by Gasteiger charge is 2.29. The van der Waals surface area contributed by atoms with Crippen molar-refractivity contribution in [2.75, 3.05) is 33.2 Å². The van der Waals surface area contributed by atoms with E-state index in [1.807, 2.05) is 15.2 Å². The second kappa shape index (κ2) is 13.4. The largest absolute Gasteiger partial charge is 0.441 e. The SMILES string of the molecule is CN(C)C(=O)c1cc2cnc(Nc3ccc(C(=O)OCN(C)C(=O)c4cc5cnc(Cl)nc5n4C4CCCC4)cn3)nc2n1C1CCCC1. The number of hydrogen-bond donors (Lipinski definition) is 1. The van der Waals surface area contributed by atoms with E-state index in [0.717, 1.165) is 62.1 Å². The van der Waals surface area contributed by atoms with Gasteiger partial charge in [0.2, 0.25) is 11.2 Å². The number of fused-ring (bicyclic) bond motifs is 2. The minimum absolute atomic E-state index is 0.0773. The third-order valence-corrected chi connectivity index (χ3v) is 9.50. The number of pyridine rings is 1. The van der Waals surface area contributed by atoms with Gasteiger partial charge in [0.15, 0.2) is 6.73 Å². The zero-order valence-corrected chi connectivity index (χ0v) is 28.4. The minimum Gasteiger partial charge on any atom is -0.441 e. The summed E-state index contributed by atoms with van der Waals surface area (Å²) in [5, 5.41) is 4.73. The molecule has 14 nitrogen and oxygen atoms in total. The molecule has 2 saturated carbocycles. The fourth-order valence-electron chi connectivity index (χ4n) is 6.87. The Morgan fingerprint density at radius 2 is 1.41 bits per heavy atom. The van der Waals surface area contributed by atoms with Crippen LogP contribution in [0.2, 0.25) is 5.28 Å². The van der Waals surface area contributed by atoms with Gasteiger partial charge in [0, 0.05) is 62.6 Å². The van der Waals surface area contributed by atoms with Crippen molar-refractivity contribution in [3.8, 4) is 0 Å². The summed E-state index contributed by atoms with van der Waals surface area (Å²) in [6.07, 6.45) is 12.9. The van der Waals surface area contributed by atoms with Crippen molar-refractivity contribution in [1.82, 2.24) is 43.9 Å². The van der Waals surface area contributed by atoms with E-state index in [0.29, 0.717) is 34.4 Å². The number of carbonyl (C=O) groups excluding carboxylic acids is 3. The fraction of sp³-hybridized carbons (Fsp3) is 0.412. The standard InChI is InChI=1S/C34H37ClN10O4/c1-42(2)30(46)25-14-22-18-38-34(41-29(22)44(25)23-8-4-5-9-23)39-27-13-12-20(16-36-27)32(48)49-19-43(3)31(47)26-15-21-17-37-33(35)40-28(21)45(26)24-10-6-7-11-24/h12-18,23-24H,4-11,19H2,1-3H3,(H,36,38,39,41). The molecular formula is C34H37ClN10O4. The van der Waals surface area contributed by atoms with E-state index in [-0.39, 0.29) is 41.5 Å². The molecule has 0 radical (unpaired) electrons. The number of halogens is 1. The van der Waals surface area contributed by atoms with Gasteiger partial charge < -0.3 is 29.0 Å². The van der Waals surface area contributed by atoms with Gasteiger partial charge in [-0.1, -0.05) is 25.7 Å². The van der Waals surface area contributed by atoms with Gasteiger partial charge in [-0.2, -0.15) is 9.97 Å². The summed E-state index contributed by atoms with van der Waals surface area (Å²) in [4.78, 5) is 64.5. The van der Waals surface area contributed by atoms with Gasteiger partial charge in [0.1, 0.15) is 28.5 Å². The molecule has 0 unspecified atom stereocenters. The second-order valence-electron chi connectivity index (χ2n) is 12.9. The molecule has 49 heavy (non-hydrogen) atoms. The number of nitrogens with zero attached hydrogens (tertiary/aromatic N) is 9. The highest BCUT2D eigenvalue weighted by atomic mass is 35.5. The third kappa shape index (κ3) is 6.40. The lowest BCUT2D eigenvalue weighted by atomic mass is 10.2. The average molecular weight is 685 g/mol. The molecule has 2 amide bonds. The Morgan fingerprint density at radius 1 is 0.816 bits per heavy atom. The topological polar surface area (TPSA) is 153 Å². The molecule has 0 bridgehead atoms. The van der Waals surface area contributed by atoms with Crippen molar-refractivity contribution in [3.05, 3.63) is 65.1 Å². The van der Waals surface area contributed by atoms with E-state index in [1.54, 1.807) is 56.6 Å². The van der Waals surface area contributed by atoms with E-state index in [2.05, 4.69) is 25.3 Å². The summed E-state index contributed by atoms with van der Waals surface area (Å²) in [6, 6.07) is 7.14. The van der Waals surface area contributed by atoms with Crippen LogP contribution in [-0.2, 0) is 4.74 Å². The molecule has 5 aromatic rings. The smallest absolute Gasteiger partial charge is 0.341 e. The van der Waals surface area contributed by atoms with Crippen LogP contribution in [0.25, 0.3) is 22.1 Å². The maximum absolute atomic E-state index is 13.6. The zero-order valence-electron chi connectivity index (χ0n) is 27.6. The molecule has 2 aliphatic carbocycles. The van der Waals surface area contributed by atoms with Crippen LogP contribution in [-0.4, -0.2) is 89.5 Å². The molecular weight excluding hydrogens is 648 g/mol. The second-order valence-corrected chi connectivity index (χ2v) is 13.2. The van der Waals surface area contributed by atoms with Crippen LogP contribution in [0.1, 0.15) is 94.8 Å². The average Bonchev–Trinajstić information content (AvgIpc) is 3.92. The lowest BCUT2D eigenvalue weighted by molar-refractivity contribution is 0.0256. The summed E-state index contributed by atoms with van der Waals surface area (Å²) in [6.45, 7) is -0.261. The number of ether oxygens (including phenoxy) is 1. The van der Waals surface area contributed by atoms with Crippen LogP contribution in [0.3, 0.4) is 0 Å². The van der Waals surface area contributed by atoms with E-state index in [9.17, 15) is 14.4 Å². The van der Waals surface area contributed by atoms with Gasteiger partial charge in [-0.3, -0.25) is 9.59 Å². The molecule has 0 aliphatic heterocycles. The molecule has 15 heteroatoms. The molecule has 2 fully saturated rings. The zero-order chi connectivity index (χ0) is 34.2. The van der Waals surface area contributed by atoms with Crippen LogP contribution >= 0.6 is 11.6 Å². The molecule has 5 aromatic heterocycles. The van der Waals surface area contributed by atoms with Gasteiger partial charge in [-0.15, -0.1) is 0 Å². The Kier molecular flexibility index (Phi) is 8.88. The summed E-state index contributed by atoms with van der Waals surface area (Å²) in [7, 11) is 5.06. The number of nitrogens with one attached hydrogen (secondary N) is 1. The number of anilines is 2. The van der Waals surface area contributed by atoms with Crippen molar-refractivity contribution >= 4 is 63.2 Å². The lowest BCUT2D eigenvalue weighted by Crippen LogP contribution is -2.32. The molecule has 0 aromatic carbocycles. The summed E-state index contributed by atoms with van der Waals surface area (Å²) in [5.74, 6) is -0.264. The van der Waals surface area contributed by atoms with Crippen molar-refractivity contribution in [2.24, 2.45) is 0 Å². The highest BCUT2D eigenvalue weighted by molar-refractivity contribution is 6.28. The first-order valence-corrected chi connectivity index (χ1v) is 16.8. The van der Waals surface area contributed by atoms with Crippen LogP contribution in [0.5, 0.6) is 0 Å². The normalized spacial score (nSPS) is 15.3. The van der Waals surface area contributed by atoms with Crippen molar-refractivity contribution in [3.63, 3.8) is 0 Å². The van der Waals surface area contributed by atoms with Gasteiger partial charge in [-0.25, -0.2) is 19.7 Å². The predicted molar refractivity (Wildman–Crippen MR) is 183 cm³/mol. The quantitative estimate of drug-likeness (QED) is 0.115. The third-order valence-electron chi connectivity index (χ3n) is 9.32. The van der Waals surface area contributed by atoms with Gasteiger partial charge >= 0.3 is 5.97 Å². The highest BCUT2D eigenvalue weighted by Crippen LogP contribution is 2.36. The number of amides is 2. The Morgan fingerprint density at radius 3 is 2.00 bits per heavy atom. The molecule has 7 rings (SSSR count). The van der Waals surface area contributed by atoms with E-state index in [1.165, 1.54) is 11.1 Å². The molecule has 2 aliphatic rings. The van der Waals surface area contributed by atoms with Gasteiger partial charge in [-0.05, 0) is 61.5 Å². The fourth-order valence-corrected chi connectivity index (χ4v) is 7.00. The van der Waals surface area contributed by atoms with E-state index < -0.39 is 5.97 Å². The molecule has 0 spiro atoms. The molecule has 5 heterocycles. The predicted octanol–water partition coefficient (Wildman–Crippen LogP) is 5.79. The maximum Gasteiger partial charge on any atom is 0.341 e. The first kappa shape index (κ1) is 32.4. The number of esters is 1. The summed E-state index contributed by atoms with van der Waals surface area (Å²) in [5.41, 5.74) is 2.58. The molecule has 0 atom stereocenters. The van der Waals surface area contributed by atoms with Crippen molar-refractivity contribution in [1.29, 1.82) is 0 Å². The molecule has 0 saturated heterocycles. The Hall–Kier alpha value is -5.11. The number of carbonyl (C=O) groups is 3. The van der Waals surface area contributed by atoms with Crippen molar-refractivity contribution in [2.45, 2.75) is 63.5 Å². The van der Waals surface area contributed by atoms with E-state index >= 15 is 0 Å². The monoisotopic (exact) mass is 684 g/mol. The first-order valence-electron chi connectivity index (χ1n) is 16.5. The van der Waals surface area contributed by atoms with Crippen LogP contribution in [0, 0.1) is 0 Å². The number of aromatic nitrogens is 7. The first-order chi connectivity index (χ1) is 23.7. The van der Waals surface area contributed by atoms with E-state index in [4.69, 9.17) is 21.3 Å². The maximum atomic E-state index is 13.6. The molecule has 1 N–H and O–H groups in total. The Labute approximate surface area is 287 Å². The van der Waals surface area contributed by atoms with Gasteiger partial charge in [0.05, 0.1) is 5.56 Å². The molecule has 254 valence electrons. The number of rotatable bonds is 9. The number of hydrogen-bond acceptors (Lipinski definition) is 10. The van der Waals surface area contributed by atoms with Gasteiger partial charge in [0.25, 0.3) is 11.8 Å². The minimum atomic E-state index is -0.627. The van der Waals surface area contributed by atoms with Crippen LogP contribution in [0.4, 0.5) is 11.8 Å². The van der Waals surface area contributed by atoms with Crippen LogP contribution in [0.15, 0.2) is 42.9 Å². The Bertz CT molecular complexity index is 2050. The summed E-state index contributed by atoms with van der Waals surface area (Å²) < 4.78 is 9.48. The lowest BCUT2D eigenvalue weighted by Gasteiger charge is -2.21.